The topological polar surface area (TPSA) is 346 Å². The van der Waals surface area contributed by atoms with Crippen molar-refractivity contribution in [1.29, 1.82) is 0 Å². The Morgan fingerprint density at radius 3 is 1.17 bits per heavy atom. The molecule has 0 spiro atoms. The number of rotatable bonds is 19. The molecule has 8 aromatic carbocycles. The summed E-state index contributed by atoms with van der Waals surface area (Å²) in [6.45, 7) is -2.05. The predicted molar refractivity (Wildman–Crippen MR) is 260 cm³/mol. The van der Waals surface area contributed by atoms with Crippen LogP contribution in [0, 0.1) is 0 Å². The van der Waals surface area contributed by atoms with Gasteiger partial charge in [0, 0.05) is 22.7 Å². The number of carboxylic acids is 2. The Kier molecular flexibility index (Phi) is 24.7. The van der Waals surface area contributed by atoms with Crippen molar-refractivity contribution in [1.82, 2.24) is 0 Å². The number of carboxylic acid groups (broad SMARTS) is 2. The van der Waals surface area contributed by atoms with Crippen molar-refractivity contribution in [2.24, 2.45) is 20.5 Å². The van der Waals surface area contributed by atoms with E-state index in [-0.39, 0.29) is 217 Å². The number of nitrogens with zero attached hydrogens (tertiary/aromatic N) is 4. The van der Waals surface area contributed by atoms with E-state index in [1.165, 1.54) is 74.9 Å². The first-order valence-electron chi connectivity index (χ1n) is 21.4. The van der Waals surface area contributed by atoms with E-state index in [1.807, 2.05) is 0 Å². The van der Waals surface area contributed by atoms with Gasteiger partial charge in [-0.2, -0.15) is 16.8 Å². The number of carbonyl (C=O) groups excluding carboxylic acids is 2. The van der Waals surface area contributed by atoms with Crippen molar-refractivity contribution in [3.05, 3.63) is 133 Å². The molecular formula is C50H36K2N6Na2O16S2. The van der Waals surface area contributed by atoms with Gasteiger partial charge in [0.05, 0.1) is 37.5 Å². The Bertz CT molecular complexity index is 3580. The second-order valence-electron chi connectivity index (χ2n) is 15.7. The summed E-state index contributed by atoms with van der Waals surface area (Å²) in [5.74, 6) is -4.55. The second-order valence-corrected chi connectivity index (χ2v) is 18.5. The molecule has 378 valence electrons. The van der Waals surface area contributed by atoms with Crippen molar-refractivity contribution in [2.45, 2.75) is 9.79 Å². The van der Waals surface area contributed by atoms with Crippen molar-refractivity contribution < 1.29 is 237 Å². The van der Waals surface area contributed by atoms with Gasteiger partial charge in [-0.15, -0.1) is 20.5 Å². The molecule has 22 nitrogen and oxygen atoms in total. The minimum Gasteiger partial charge on any atom is -0.871 e. The average Bonchev–Trinajstić information content (AvgIpc) is 3.40. The first kappa shape index (κ1) is 66.4. The summed E-state index contributed by atoms with van der Waals surface area (Å²) in [6.07, 6.45) is 0. The van der Waals surface area contributed by atoms with Crippen LogP contribution in [0.5, 0.6) is 34.5 Å². The van der Waals surface area contributed by atoms with Gasteiger partial charge < -0.3 is 59.6 Å². The van der Waals surface area contributed by atoms with E-state index in [0.717, 1.165) is 12.1 Å². The van der Waals surface area contributed by atoms with Gasteiger partial charge in [-0.05, 0) is 142 Å². The van der Waals surface area contributed by atoms with E-state index in [1.54, 1.807) is 60.7 Å². The average molecular weight is 1170 g/mol. The third-order valence-electron chi connectivity index (χ3n) is 10.8. The number of fused-ring (bicyclic) bond motifs is 2. The van der Waals surface area contributed by atoms with E-state index >= 15 is 0 Å². The molecule has 0 fully saturated rings. The summed E-state index contributed by atoms with van der Waals surface area (Å²) >= 11 is 0. The summed E-state index contributed by atoms with van der Waals surface area (Å²) in [6, 6.07) is 32.6. The number of aliphatic carboxylic acids is 2. The molecule has 4 N–H and O–H groups in total. The fourth-order valence-electron chi connectivity index (χ4n) is 7.36. The van der Waals surface area contributed by atoms with Gasteiger partial charge in [0.2, 0.25) is 0 Å². The number of anilines is 4. The fourth-order valence-corrected chi connectivity index (χ4v) is 8.67. The van der Waals surface area contributed by atoms with Crippen LogP contribution >= 0.6 is 0 Å². The van der Waals surface area contributed by atoms with Gasteiger partial charge in [-0.25, -0.2) is 0 Å². The summed E-state index contributed by atoms with van der Waals surface area (Å²) < 4.78 is 92.3. The summed E-state index contributed by atoms with van der Waals surface area (Å²) in [7, 11) is -7.18. The zero-order valence-corrected chi connectivity index (χ0v) is 54.2. The van der Waals surface area contributed by atoms with Crippen molar-refractivity contribution >= 4 is 99.2 Å². The smallest absolute Gasteiger partial charge is 0.871 e. The van der Waals surface area contributed by atoms with E-state index in [9.17, 15) is 56.0 Å². The SMILES string of the molecule is COc1ccc(Nc2ccc3c([O-])c(N=Nc4ccc(-c5ccc(N=Nc6c(S(=O)(=O)O)cc7cc(Nc8ccc(OC)cc8)ccc7c6[O-])c(OCC(=O)[O-])c5)cc4OCC(=O)[O-])c(S(=O)(=O)O)cc3c2)cc1.[K+].[K+].[Na+].[Na+]. The van der Waals surface area contributed by atoms with E-state index in [4.69, 9.17) is 18.9 Å². The molecule has 28 heteroatoms. The van der Waals surface area contributed by atoms with E-state index in [2.05, 4.69) is 31.1 Å². The van der Waals surface area contributed by atoms with Crippen molar-refractivity contribution in [2.75, 3.05) is 38.1 Å². The van der Waals surface area contributed by atoms with Crippen LogP contribution < -0.4 is 212 Å². The normalized spacial score (nSPS) is 11.2. The van der Waals surface area contributed by atoms with Crippen LogP contribution in [0.1, 0.15) is 0 Å². The van der Waals surface area contributed by atoms with Gasteiger partial charge >= 0.3 is 162 Å². The Hall–Kier alpha value is -4.09. The maximum atomic E-state index is 13.8. The molecule has 0 atom stereocenters. The van der Waals surface area contributed by atoms with Crippen molar-refractivity contribution in [3.63, 3.8) is 0 Å². The Morgan fingerprint density at radius 1 is 0.500 bits per heavy atom. The minimum absolute atomic E-state index is 0. The van der Waals surface area contributed by atoms with Gasteiger partial charge in [-0.3, -0.25) is 9.11 Å². The van der Waals surface area contributed by atoms with Gasteiger partial charge in [0.1, 0.15) is 57.4 Å². The van der Waals surface area contributed by atoms with Gasteiger partial charge in [0.15, 0.2) is 0 Å². The van der Waals surface area contributed by atoms with E-state index < -0.39 is 78.1 Å². The molecule has 8 aromatic rings. The summed E-state index contributed by atoms with van der Waals surface area (Å²) in [4.78, 5) is 21.3. The van der Waals surface area contributed by atoms with Crippen LogP contribution in [0.15, 0.2) is 164 Å². The molecule has 0 aromatic heterocycles. The number of hydrogen-bond acceptors (Lipinski definition) is 20. The molecule has 0 saturated carbocycles. The molecule has 8 rings (SSSR count). The molecular weight excluding hydrogens is 1130 g/mol. The monoisotopic (exact) mass is 1160 g/mol. The van der Waals surface area contributed by atoms with Crippen LogP contribution in [-0.2, 0) is 29.8 Å². The third-order valence-corrected chi connectivity index (χ3v) is 12.6. The molecule has 0 aliphatic heterocycles. The Labute approximate surface area is 574 Å². The van der Waals surface area contributed by atoms with Crippen LogP contribution in [0.3, 0.4) is 0 Å². The quantitative estimate of drug-likeness (QED) is 0.0334. The van der Waals surface area contributed by atoms with E-state index in [0.29, 0.717) is 34.2 Å². The largest absolute Gasteiger partial charge is 1.00 e. The molecule has 0 aliphatic carbocycles. The van der Waals surface area contributed by atoms with Gasteiger partial charge in [0.25, 0.3) is 20.2 Å². The second kappa shape index (κ2) is 29.1. The molecule has 0 unspecified atom stereocenters. The molecule has 78 heavy (non-hydrogen) atoms. The Morgan fingerprint density at radius 2 is 0.846 bits per heavy atom. The number of ether oxygens (including phenoxy) is 4. The molecule has 0 heterocycles. The number of azo groups is 2. The van der Waals surface area contributed by atoms with Crippen molar-refractivity contribution in [3.8, 4) is 45.6 Å². The number of methoxy groups -OCH3 is 2. The van der Waals surface area contributed by atoms with Crippen LogP contribution in [0.25, 0.3) is 32.7 Å². The first-order chi connectivity index (χ1) is 35.3. The number of nitrogens with one attached hydrogen (secondary N) is 2. The summed E-state index contributed by atoms with van der Waals surface area (Å²) in [5, 5.41) is 72.9. The number of carbonyl (C=O) groups is 2. The van der Waals surface area contributed by atoms with Crippen LogP contribution in [-0.4, -0.2) is 65.3 Å². The van der Waals surface area contributed by atoms with Gasteiger partial charge in [-0.1, -0.05) is 35.8 Å². The molecule has 0 aliphatic rings. The molecule has 0 radical (unpaired) electrons. The number of hydrogen-bond donors (Lipinski definition) is 4. The first-order valence-corrected chi connectivity index (χ1v) is 24.3. The maximum absolute atomic E-state index is 13.8. The van der Waals surface area contributed by atoms with Crippen LogP contribution in [0.2, 0.25) is 0 Å². The third kappa shape index (κ3) is 16.5. The van der Waals surface area contributed by atoms with Crippen LogP contribution in [0.4, 0.5) is 45.5 Å². The standard InChI is InChI=1S/C50H40N6O16S2.2K.2Na/c1-69-35-11-5-31(6-12-35)51-33-9-15-37-29(19-33)23-43(73(63,64)65)47(49(37)61)55-53-39-17-3-27(21-41(39)71-25-45(57)58)28-4-18-40(42(22-28)72-26-46(59)60)54-56-48-44(74(66,67)68)24-30-20-34(10-16-38(30)50(48)62)52-32-7-13-36(70-2)14-8-32;;;;/h3-24,51-52,61-62H,25-26H2,1-2H3,(H,57,58)(H,59,60)(H,63,64,65)(H,66,67,68);;;;/q;4*+1/p-4. The fraction of sp³-hybridized carbons (Fsp3) is 0.0800. The predicted octanol–water partition coefficient (Wildman–Crippen LogP) is -5.09. The maximum Gasteiger partial charge on any atom is 1.00 e. The summed E-state index contributed by atoms with van der Waals surface area (Å²) in [5.41, 5.74) is 0.614. The Balaban J connectivity index is 0.00000328. The zero-order valence-electron chi connectivity index (χ0n) is 42.3. The molecule has 0 saturated heterocycles. The molecule has 0 bridgehead atoms. The minimum atomic E-state index is -5.11. The number of benzene rings is 8. The zero-order chi connectivity index (χ0) is 52.9. The molecule has 0 amide bonds.